The van der Waals surface area contributed by atoms with Crippen molar-refractivity contribution in [3.8, 4) is 5.75 Å². The lowest BCUT2D eigenvalue weighted by atomic mass is 10.1. The smallest absolute Gasteiger partial charge is 0.130 e. The number of rotatable bonds is 8. The maximum atomic E-state index is 9.69. The van der Waals surface area contributed by atoms with Gasteiger partial charge in [-0.3, -0.25) is 9.88 Å². The molecule has 1 aliphatic rings. The van der Waals surface area contributed by atoms with Gasteiger partial charge >= 0.3 is 0 Å². The van der Waals surface area contributed by atoms with Crippen LogP contribution in [0.15, 0.2) is 54.7 Å². The first-order valence-corrected chi connectivity index (χ1v) is 10.9. The van der Waals surface area contributed by atoms with Gasteiger partial charge in [-0.05, 0) is 75.2 Å². The molecule has 2 aromatic heterocycles. The van der Waals surface area contributed by atoms with Crippen molar-refractivity contribution in [1.82, 2.24) is 14.9 Å². The molecule has 0 saturated carbocycles. The summed E-state index contributed by atoms with van der Waals surface area (Å²) in [6.45, 7) is 6.39. The Bertz CT molecular complexity index is 1010. The summed E-state index contributed by atoms with van der Waals surface area (Å²) in [5.41, 5.74) is 5.03. The van der Waals surface area contributed by atoms with Gasteiger partial charge in [-0.15, -0.1) is 0 Å². The number of nitrogens with zero attached hydrogens (tertiary/aromatic N) is 3. The number of hydrogen-bond acceptors (Lipinski definition) is 6. The zero-order valence-electron chi connectivity index (χ0n) is 18.2. The summed E-state index contributed by atoms with van der Waals surface area (Å²) in [4.78, 5) is 11.7. The fourth-order valence-electron chi connectivity index (χ4n) is 4.17. The van der Waals surface area contributed by atoms with Gasteiger partial charge < -0.3 is 15.2 Å². The van der Waals surface area contributed by atoms with E-state index in [-0.39, 0.29) is 6.61 Å². The molecule has 0 amide bonds. The molecule has 3 heterocycles. The third kappa shape index (κ3) is 5.21. The number of hydrogen-bond donors (Lipinski definition) is 2. The predicted octanol–water partition coefficient (Wildman–Crippen LogP) is 4.76. The van der Waals surface area contributed by atoms with E-state index in [4.69, 9.17) is 9.72 Å². The number of likely N-dealkylation sites (tertiary alicyclic amines) is 1. The average molecular weight is 419 g/mol. The predicted molar refractivity (Wildman–Crippen MR) is 122 cm³/mol. The molecular weight excluding hydrogens is 388 g/mol. The monoisotopic (exact) mass is 418 g/mol. The van der Waals surface area contributed by atoms with Crippen molar-refractivity contribution in [2.75, 3.05) is 18.5 Å². The fraction of sp³-hybridized carbons (Fsp3) is 0.360. The molecular formula is C25H30N4O2. The van der Waals surface area contributed by atoms with E-state index in [0.29, 0.717) is 12.6 Å². The van der Waals surface area contributed by atoms with Crippen LogP contribution in [0.25, 0.3) is 0 Å². The van der Waals surface area contributed by atoms with Gasteiger partial charge in [0.2, 0.25) is 0 Å². The Morgan fingerprint density at radius 1 is 1.19 bits per heavy atom. The van der Waals surface area contributed by atoms with E-state index in [1.807, 2.05) is 44.3 Å². The Hall–Kier alpha value is -2.96. The molecule has 4 rings (SSSR count). The van der Waals surface area contributed by atoms with Gasteiger partial charge in [0.25, 0.3) is 0 Å². The van der Waals surface area contributed by atoms with E-state index in [9.17, 15) is 5.11 Å². The first-order valence-electron chi connectivity index (χ1n) is 10.9. The standard InChI is InChI=1S/C25H30N4O2/c1-3-31-24-12-9-19(14-20(24)17-30)16-29-13-5-7-23(29)22-11-10-21(15-26-22)28-25-8-4-6-18(2)27-25/h4,6,8-12,14-15,23,30H,3,5,7,13,16-17H2,1-2H3,(H,27,28)/t23-/m1/s1. The molecule has 1 fully saturated rings. The number of aliphatic hydroxyl groups excluding tert-OH is 1. The van der Waals surface area contributed by atoms with Crippen LogP contribution in [0.3, 0.4) is 0 Å². The van der Waals surface area contributed by atoms with E-state index >= 15 is 0 Å². The number of benzene rings is 1. The minimum absolute atomic E-state index is 0.0155. The molecule has 1 atom stereocenters. The molecule has 162 valence electrons. The molecule has 1 aliphatic heterocycles. The Morgan fingerprint density at radius 2 is 2.10 bits per heavy atom. The molecule has 0 aliphatic carbocycles. The largest absolute Gasteiger partial charge is 0.494 e. The maximum absolute atomic E-state index is 9.69. The lowest BCUT2D eigenvalue weighted by Crippen LogP contribution is -2.23. The number of ether oxygens (including phenoxy) is 1. The Kier molecular flexibility index (Phi) is 6.79. The summed E-state index contributed by atoms with van der Waals surface area (Å²) < 4.78 is 5.61. The molecule has 2 N–H and O–H groups in total. The molecule has 6 nitrogen and oxygen atoms in total. The molecule has 1 saturated heterocycles. The topological polar surface area (TPSA) is 70.5 Å². The van der Waals surface area contributed by atoms with E-state index in [2.05, 4.69) is 39.5 Å². The van der Waals surface area contributed by atoms with Crippen LogP contribution in [-0.4, -0.2) is 33.1 Å². The molecule has 0 spiro atoms. The Balaban J connectivity index is 1.44. The van der Waals surface area contributed by atoms with Crippen LogP contribution < -0.4 is 10.1 Å². The molecule has 1 aromatic carbocycles. The Morgan fingerprint density at radius 3 is 2.84 bits per heavy atom. The number of aromatic nitrogens is 2. The minimum Gasteiger partial charge on any atom is -0.494 e. The Labute approximate surface area is 183 Å². The van der Waals surface area contributed by atoms with Gasteiger partial charge in [0.05, 0.1) is 36.8 Å². The second kappa shape index (κ2) is 9.90. The summed E-state index contributed by atoms with van der Waals surface area (Å²) in [5.74, 6) is 1.59. The van der Waals surface area contributed by atoms with Gasteiger partial charge in [-0.1, -0.05) is 12.1 Å². The highest BCUT2D eigenvalue weighted by Gasteiger charge is 2.27. The summed E-state index contributed by atoms with van der Waals surface area (Å²) >= 11 is 0. The highest BCUT2D eigenvalue weighted by atomic mass is 16.5. The number of anilines is 2. The normalized spacial score (nSPS) is 16.4. The first-order chi connectivity index (χ1) is 15.2. The number of nitrogens with one attached hydrogen (secondary N) is 1. The first kappa shape index (κ1) is 21.3. The van der Waals surface area contributed by atoms with Crippen LogP contribution in [0.2, 0.25) is 0 Å². The van der Waals surface area contributed by atoms with E-state index in [1.165, 1.54) is 5.56 Å². The molecule has 3 aromatic rings. The van der Waals surface area contributed by atoms with E-state index < -0.39 is 0 Å². The lowest BCUT2D eigenvalue weighted by Gasteiger charge is -2.24. The van der Waals surface area contributed by atoms with Gasteiger partial charge in [0.1, 0.15) is 11.6 Å². The number of aliphatic hydroxyl groups is 1. The third-order valence-corrected chi connectivity index (χ3v) is 5.63. The second-order valence-electron chi connectivity index (χ2n) is 7.92. The van der Waals surface area contributed by atoms with E-state index in [0.717, 1.165) is 60.1 Å². The van der Waals surface area contributed by atoms with Crippen LogP contribution in [0.1, 0.15) is 48.3 Å². The highest BCUT2D eigenvalue weighted by molar-refractivity contribution is 5.55. The zero-order chi connectivity index (χ0) is 21.6. The van der Waals surface area contributed by atoms with Crippen molar-refractivity contribution < 1.29 is 9.84 Å². The van der Waals surface area contributed by atoms with Crippen LogP contribution in [0.4, 0.5) is 11.5 Å². The van der Waals surface area contributed by atoms with Crippen molar-refractivity contribution >= 4 is 11.5 Å². The molecule has 0 bridgehead atoms. The molecule has 31 heavy (non-hydrogen) atoms. The third-order valence-electron chi connectivity index (χ3n) is 5.63. The van der Waals surface area contributed by atoms with Gasteiger partial charge in [0.15, 0.2) is 0 Å². The van der Waals surface area contributed by atoms with Gasteiger partial charge in [-0.25, -0.2) is 4.98 Å². The van der Waals surface area contributed by atoms with Gasteiger partial charge in [-0.2, -0.15) is 0 Å². The summed E-state index contributed by atoms with van der Waals surface area (Å²) in [6, 6.07) is 16.5. The van der Waals surface area contributed by atoms with Crippen molar-refractivity contribution in [2.24, 2.45) is 0 Å². The van der Waals surface area contributed by atoms with Crippen molar-refractivity contribution in [1.29, 1.82) is 0 Å². The minimum atomic E-state index is -0.0155. The quantitative estimate of drug-likeness (QED) is 0.550. The van der Waals surface area contributed by atoms with Crippen LogP contribution in [-0.2, 0) is 13.2 Å². The van der Waals surface area contributed by atoms with Gasteiger partial charge in [0, 0.05) is 17.8 Å². The molecule has 0 unspecified atom stereocenters. The fourth-order valence-corrected chi connectivity index (χ4v) is 4.17. The van der Waals surface area contributed by atoms with Crippen LogP contribution in [0, 0.1) is 6.92 Å². The van der Waals surface area contributed by atoms with E-state index in [1.54, 1.807) is 0 Å². The summed E-state index contributed by atoms with van der Waals surface area (Å²) in [6.07, 6.45) is 4.14. The highest BCUT2D eigenvalue weighted by Crippen LogP contribution is 2.33. The molecule has 0 radical (unpaired) electrons. The van der Waals surface area contributed by atoms with Crippen molar-refractivity contribution in [3.63, 3.8) is 0 Å². The van der Waals surface area contributed by atoms with Crippen LogP contribution in [0.5, 0.6) is 5.75 Å². The van der Waals surface area contributed by atoms with Crippen LogP contribution >= 0.6 is 0 Å². The molecule has 6 heteroatoms. The SMILES string of the molecule is CCOc1ccc(CN2CCC[C@@H]2c2ccc(Nc3cccc(C)n3)cn2)cc1CO. The lowest BCUT2D eigenvalue weighted by molar-refractivity contribution is 0.243. The zero-order valence-corrected chi connectivity index (χ0v) is 18.2. The second-order valence-corrected chi connectivity index (χ2v) is 7.92. The summed E-state index contributed by atoms with van der Waals surface area (Å²) in [5, 5.41) is 13.0. The number of pyridine rings is 2. The van der Waals surface area contributed by atoms with Crippen molar-refractivity contribution in [3.05, 3.63) is 77.2 Å². The van der Waals surface area contributed by atoms with Crippen molar-refractivity contribution in [2.45, 2.75) is 45.9 Å². The number of aryl methyl sites for hydroxylation is 1. The average Bonchev–Trinajstić information content (AvgIpc) is 3.23. The summed E-state index contributed by atoms with van der Waals surface area (Å²) in [7, 11) is 0. The maximum Gasteiger partial charge on any atom is 0.130 e.